The Hall–Kier alpha value is -2.50. The summed E-state index contributed by atoms with van der Waals surface area (Å²) >= 11 is 3.96. The maximum atomic E-state index is 11.9. The van der Waals surface area contributed by atoms with Crippen LogP contribution in [0.15, 0.2) is 57.7 Å². The van der Waals surface area contributed by atoms with Crippen LogP contribution in [-0.4, -0.2) is 43.5 Å². The lowest BCUT2D eigenvalue weighted by Gasteiger charge is -2.03. The van der Waals surface area contributed by atoms with Crippen molar-refractivity contribution in [3.63, 3.8) is 0 Å². The highest BCUT2D eigenvalue weighted by molar-refractivity contribution is 8.03. The maximum Gasteiger partial charge on any atom is 0.234 e. The molecule has 0 fully saturated rings. The minimum absolute atomic E-state index is 0.132. The summed E-state index contributed by atoms with van der Waals surface area (Å²) in [5, 5.41) is 13.6. The molecule has 3 aromatic heterocycles. The zero-order chi connectivity index (χ0) is 18.9. The number of carbonyl (C=O) groups excluding carboxylic acids is 2. The topological polar surface area (TPSA) is 110 Å². The molecule has 0 spiro atoms. The van der Waals surface area contributed by atoms with E-state index in [1.54, 1.807) is 49.1 Å². The van der Waals surface area contributed by atoms with E-state index in [-0.39, 0.29) is 23.3 Å². The summed E-state index contributed by atoms with van der Waals surface area (Å²) in [7, 11) is 0. The van der Waals surface area contributed by atoms with Crippen molar-refractivity contribution < 1.29 is 9.59 Å². The van der Waals surface area contributed by atoms with Gasteiger partial charge in [-0.15, -0.1) is 10.2 Å². The molecule has 3 aromatic rings. The number of pyridine rings is 2. The zero-order valence-electron chi connectivity index (χ0n) is 13.9. The number of aromatic nitrogens is 4. The monoisotopic (exact) mass is 418 g/mol. The summed E-state index contributed by atoms with van der Waals surface area (Å²) in [5.41, 5.74) is 1.40. The van der Waals surface area contributed by atoms with Crippen LogP contribution in [0.4, 0.5) is 11.4 Å². The van der Waals surface area contributed by atoms with Gasteiger partial charge in [0.2, 0.25) is 11.8 Å². The molecule has 0 unspecified atom stereocenters. The summed E-state index contributed by atoms with van der Waals surface area (Å²) in [6.07, 6.45) is 6.45. The van der Waals surface area contributed by atoms with Crippen LogP contribution < -0.4 is 10.6 Å². The molecule has 0 aliphatic rings. The van der Waals surface area contributed by atoms with Crippen molar-refractivity contribution in [2.45, 2.75) is 8.68 Å². The smallest absolute Gasteiger partial charge is 0.234 e. The highest BCUT2D eigenvalue weighted by atomic mass is 32.2. The van der Waals surface area contributed by atoms with Gasteiger partial charge in [0.25, 0.3) is 0 Å². The fraction of sp³-hybridized carbons (Fsp3) is 0.125. The summed E-state index contributed by atoms with van der Waals surface area (Å²) in [6, 6.07) is 6.89. The first-order valence-electron chi connectivity index (χ1n) is 7.68. The minimum Gasteiger partial charge on any atom is -0.325 e. The molecule has 3 heterocycles. The van der Waals surface area contributed by atoms with E-state index in [1.165, 1.54) is 34.9 Å². The van der Waals surface area contributed by atoms with E-state index in [2.05, 4.69) is 30.8 Å². The highest BCUT2D eigenvalue weighted by Crippen LogP contribution is 2.28. The van der Waals surface area contributed by atoms with Gasteiger partial charge in [0, 0.05) is 36.2 Å². The van der Waals surface area contributed by atoms with E-state index in [0.29, 0.717) is 20.1 Å². The Bertz CT molecular complexity index is 819. The van der Waals surface area contributed by atoms with Crippen LogP contribution >= 0.6 is 34.9 Å². The third kappa shape index (κ3) is 6.62. The van der Waals surface area contributed by atoms with Gasteiger partial charge >= 0.3 is 0 Å². The van der Waals surface area contributed by atoms with E-state index in [0.717, 1.165) is 0 Å². The second-order valence-electron chi connectivity index (χ2n) is 4.98. The average molecular weight is 419 g/mol. The SMILES string of the molecule is O=C(CSc1nnc(SCC(=O)Nc2ccncc2)s1)Nc1ccncc1. The molecule has 2 amide bonds. The van der Waals surface area contributed by atoms with E-state index < -0.39 is 0 Å². The molecule has 0 saturated carbocycles. The lowest BCUT2D eigenvalue weighted by Crippen LogP contribution is -2.13. The third-order valence-corrected chi connectivity index (χ3v) is 6.16. The molecule has 138 valence electrons. The molecule has 0 aliphatic heterocycles. The van der Waals surface area contributed by atoms with Gasteiger partial charge in [-0.25, -0.2) is 0 Å². The Kier molecular flexibility index (Phi) is 7.13. The summed E-state index contributed by atoms with van der Waals surface area (Å²) in [5.74, 6) is 0.188. The van der Waals surface area contributed by atoms with E-state index in [4.69, 9.17) is 0 Å². The first-order valence-corrected chi connectivity index (χ1v) is 10.5. The number of nitrogens with one attached hydrogen (secondary N) is 2. The number of anilines is 2. The standard InChI is InChI=1S/C16H14N6O2S3/c23-13(19-11-1-5-17-6-2-11)9-25-15-21-22-16(27-15)26-10-14(24)20-12-3-7-18-8-4-12/h1-8H,9-10H2,(H,17,19,23)(H,18,20,24). The number of nitrogens with zero attached hydrogens (tertiary/aromatic N) is 4. The van der Waals surface area contributed by atoms with Gasteiger partial charge in [0.05, 0.1) is 11.5 Å². The molecule has 0 radical (unpaired) electrons. The lowest BCUT2D eigenvalue weighted by molar-refractivity contribution is -0.114. The van der Waals surface area contributed by atoms with Gasteiger partial charge in [0.15, 0.2) is 8.68 Å². The molecule has 8 nitrogen and oxygen atoms in total. The number of hydrogen-bond donors (Lipinski definition) is 2. The van der Waals surface area contributed by atoms with Crippen LogP contribution in [0.3, 0.4) is 0 Å². The van der Waals surface area contributed by atoms with Gasteiger partial charge in [-0.1, -0.05) is 34.9 Å². The summed E-state index contributed by atoms with van der Waals surface area (Å²) < 4.78 is 1.36. The molecular weight excluding hydrogens is 404 g/mol. The van der Waals surface area contributed by atoms with Crippen LogP contribution in [0.5, 0.6) is 0 Å². The Balaban J connectivity index is 1.40. The fourth-order valence-electron chi connectivity index (χ4n) is 1.83. The number of thioether (sulfide) groups is 2. The second kappa shape index (κ2) is 10.00. The molecular formula is C16H14N6O2S3. The molecule has 0 bridgehead atoms. The quantitative estimate of drug-likeness (QED) is 0.538. The first-order chi connectivity index (χ1) is 13.2. The van der Waals surface area contributed by atoms with E-state index >= 15 is 0 Å². The normalized spacial score (nSPS) is 10.4. The molecule has 0 saturated heterocycles. The Morgan fingerprint density at radius 1 is 0.778 bits per heavy atom. The molecule has 2 N–H and O–H groups in total. The predicted molar refractivity (Wildman–Crippen MR) is 107 cm³/mol. The number of amides is 2. The number of hydrogen-bond acceptors (Lipinski definition) is 9. The maximum absolute atomic E-state index is 11.9. The van der Waals surface area contributed by atoms with Crippen molar-refractivity contribution in [3.05, 3.63) is 49.1 Å². The van der Waals surface area contributed by atoms with E-state index in [9.17, 15) is 9.59 Å². The molecule has 11 heteroatoms. The second-order valence-corrected chi connectivity index (χ2v) is 8.40. The van der Waals surface area contributed by atoms with Crippen LogP contribution in [0.25, 0.3) is 0 Å². The highest BCUT2D eigenvalue weighted by Gasteiger charge is 2.11. The van der Waals surface area contributed by atoms with Gasteiger partial charge in [-0.05, 0) is 24.3 Å². The van der Waals surface area contributed by atoms with Crippen molar-refractivity contribution in [2.75, 3.05) is 22.1 Å². The summed E-state index contributed by atoms with van der Waals surface area (Å²) in [4.78, 5) is 31.6. The minimum atomic E-state index is -0.132. The molecule has 0 aliphatic carbocycles. The number of rotatable bonds is 8. The van der Waals surface area contributed by atoms with Gasteiger partial charge < -0.3 is 10.6 Å². The Morgan fingerprint density at radius 3 is 1.59 bits per heavy atom. The van der Waals surface area contributed by atoms with Gasteiger partial charge in [-0.2, -0.15) is 0 Å². The van der Waals surface area contributed by atoms with E-state index in [1.807, 2.05) is 0 Å². The fourth-order valence-corrected chi connectivity index (χ4v) is 4.45. The van der Waals surface area contributed by atoms with Crippen LogP contribution in [0, 0.1) is 0 Å². The van der Waals surface area contributed by atoms with Gasteiger partial charge in [0.1, 0.15) is 0 Å². The molecule has 3 rings (SSSR count). The van der Waals surface area contributed by atoms with Crippen molar-refractivity contribution in [3.8, 4) is 0 Å². The van der Waals surface area contributed by atoms with Crippen LogP contribution in [0.1, 0.15) is 0 Å². The van der Waals surface area contributed by atoms with Gasteiger partial charge in [-0.3, -0.25) is 19.6 Å². The van der Waals surface area contributed by atoms with Crippen molar-refractivity contribution in [1.82, 2.24) is 20.2 Å². The molecule has 27 heavy (non-hydrogen) atoms. The average Bonchev–Trinajstić information content (AvgIpc) is 3.14. The summed E-state index contributed by atoms with van der Waals surface area (Å²) in [6.45, 7) is 0. The van der Waals surface area contributed by atoms with Crippen molar-refractivity contribution in [1.29, 1.82) is 0 Å². The Labute approximate surface area is 167 Å². The largest absolute Gasteiger partial charge is 0.325 e. The molecule has 0 atom stereocenters. The van der Waals surface area contributed by atoms with Crippen LogP contribution in [-0.2, 0) is 9.59 Å². The van der Waals surface area contributed by atoms with Crippen LogP contribution in [0.2, 0.25) is 0 Å². The lowest BCUT2D eigenvalue weighted by atomic mass is 10.4. The number of carbonyl (C=O) groups is 2. The molecule has 0 aromatic carbocycles. The van der Waals surface area contributed by atoms with Crippen molar-refractivity contribution >= 4 is 58.0 Å². The van der Waals surface area contributed by atoms with Crippen molar-refractivity contribution in [2.24, 2.45) is 0 Å². The zero-order valence-corrected chi connectivity index (χ0v) is 16.3. The first kappa shape index (κ1) is 19.3. The Morgan fingerprint density at radius 2 is 1.19 bits per heavy atom. The predicted octanol–water partition coefficient (Wildman–Crippen LogP) is 2.79. The third-order valence-electron chi connectivity index (χ3n) is 2.97.